The van der Waals surface area contributed by atoms with E-state index in [1.54, 1.807) is 18.2 Å². The fourth-order valence-corrected chi connectivity index (χ4v) is 4.05. The van der Waals surface area contributed by atoms with Crippen molar-refractivity contribution in [2.24, 2.45) is 7.05 Å². The van der Waals surface area contributed by atoms with Gasteiger partial charge in [0.1, 0.15) is 12.4 Å². The zero-order valence-electron chi connectivity index (χ0n) is 17.3. The number of nitrogens with zero attached hydrogens (tertiary/aromatic N) is 2. The number of aromatic nitrogens is 2. The van der Waals surface area contributed by atoms with Gasteiger partial charge in [-0.25, -0.2) is 9.59 Å². The van der Waals surface area contributed by atoms with E-state index in [-0.39, 0.29) is 6.61 Å². The summed E-state index contributed by atoms with van der Waals surface area (Å²) in [6, 6.07) is 5.30. The Bertz CT molecular complexity index is 1190. The molecule has 1 unspecified atom stereocenters. The van der Waals surface area contributed by atoms with E-state index in [9.17, 15) is 14.4 Å². The molecule has 0 aliphatic carbocycles. The summed E-state index contributed by atoms with van der Waals surface area (Å²) in [6.45, 7) is 4.58. The number of hydrogen-bond donors (Lipinski definition) is 1. The second kappa shape index (κ2) is 7.40. The molecule has 0 saturated heterocycles. The zero-order valence-corrected chi connectivity index (χ0v) is 17.3. The number of hydrogen-bond acceptors (Lipinski definition) is 7. The van der Waals surface area contributed by atoms with Crippen LogP contribution in [-0.2, 0) is 23.1 Å². The van der Waals surface area contributed by atoms with Crippen LogP contribution in [0.15, 0.2) is 39.1 Å². The second-order valence-electron chi connectivity index (χ2n) is 7.02. The molecule has 0 amide bonds. The molecule has 0 radical (unpaired) electrons. The largest absolute Gasteiger partial charge is 0.493 e. The molecule has 30 heavy (non-hydrogen) atoms. The summed E-state index contributed by atoms with van der Waals surface area (Å²) in [6.07, 6.45) is 0. The van der Waals surface area contributed by atoms with E-state index in [4.69, 9.17) is 14.2 Å². The van der Waals surface area contributed by atoms with E-state index in [0.29, 0.717) is 52.9 Å². The van der Waals surface area contributed by atoms with E-state index in [1.165, 1.54) is 18.7 Å². The normalized spacial score (nSPS) is 17.2. The van der Waals surface area contributed by atoms with Gasteiger partial charge in [-0.3, -0.25) is 13.9 Å². The van der Waals surface area contributed by atoms with Gasteiger partial charge in [-0.15, -0.1) is 0 Å². The minimum atomic E-state index is -0.701. The summed E-state index contributed by atoms with van der Waals surface area (Å²) in [7, 11) is 2.96. The monoisotopic (exact) mass is 413 g/mol. The van der Waals surface area contributed by atoms with Crippen LogP contribution in [0.3, 0.4) is 0 Å². The number of nitrogens with one attached hydrogen (secondary N) is 1. The minimum Gasteiger partial charge on any atom is -0.493 e. The average Bonchev–Trinajstić information content (AvgIpc) is 3.12. The number of fused-ring (bicyclic) bond motifs is 1. The van der Waals surface area contributed by atoms with Crippen LogP contribution < -0.4 is 26.0 Å². The van der Waals surface area contributed by atoms with E-state index >= 15 is 0 Å². The minimum absolute atomic E-state index is 0.0609. The van der Waals surface area contributed by atoms with Crippen LogP contribution >= 0.6 is 0 Å². The maximum Gasteiger partial charge on any atom is 0.337 e. The molecule has 0 spiro atoms. The second-order valence-corrected chi connectivity index (χ2v) is 7.02. The van der Waals surface area contributed by atoms with Crippen molar-refractivity contribution in [3.8, 4) is 11.5 Å². The number of cyclic esters (lactones) is 1. The van der Waals surface area contributed by atoms with Crippen molar-refractivity contribution >= 4 is 11.8 Å². The molecule has 4 rings (SSSR count). The molecule has 9 heteroatoms. The third-order valence-corrected chi connectivity index (χ3v) is 5.45. The van der Waals surface area contributed by atoms with Crippen molar-refractivity contribution in [1.82, 2.24) is 9.13 Å². The van der Waals surface area contributed by atoms with Gasteiger partial charge in [0.25, 0.3) is 5.56 Å². The lowest BCUT2D eigenvalue weighted by Crippen LogP contribution is -2.43. The van der Waals surface area contributed by atoms with Gasteiger partial charge < -0.3 is 19.5 Å². The average molecular weight is 413 g/mol. The number of anilines is 1. The zero-order chi connectivity index (χ0) is 21.6. The van der Waals surface area contributed by atoms with Gasteiger partial charge in [0.15, 0.2) is 11.5 Å². The van der Waals surface area contributed by atoms with Crippen molar-refractivity contribution in [1.29, 1.82) is 0 Å². The molecule has 0 fully saturated rings. The Labute approximate surface area is 172 Å². The Morgan fingerprint density at radius 3 is 2.63 bits per heavy atom. The van der Waals surface area contributed by atoms with Crippen molar-refractivity contribution < 1.29 is 19.0 Å². The van der Waals surface area contributed by atoms with Gasteiger partial charge in [0, 0.05) is 13.6 Å². The Balaban J connectivity index is 2.02. The van der Waals surface area contributed by atoms with Gasteiger partial charge in [0.2, 0.25) is 0 Å². The van der Waals surface area contributed by atoms with E-state index < -0.39 is 23.1 Å². The summed E-state index contributed by atoms with van der Waals surface area (Å²) in [5, 5.41) is 3.11. The van der Waals surface area contributed by atoms with Gasteiger partial charge in [-0.05, 0) is 31.5 Å². The molecule has 3 heterocycles. The van der Waals surface area contributed by atoms with E-state index in [1.807, 2.05) is 13.8 Å². The molecule has 1 aromatic heterocycles. The highest BCUT2D eigenvalue weighted by atomic mass is 16.5. The predicted octanol–water partition coefficient (Wildman–Crippen LogP) is 1.34. The summed E-state index contributed by atoms with van der Waals surface area (Å²) in [5.74, 6) is 0.252. The Kier molecular flexibility index (Phi) is 4.89. The SMILES string of the molecule is CCOc1ccc(C2C3=C(COC3=O)Nc3c2c(=O)n(C)c(=O)n3CC)cc1OC. The van der Waals surface area contributed by atoms with E-state index in [0.717, 1.165) is 4.57 Å². The molecule has 2 aliphatic rings. The van der Waals surface area contributed by atoms with Crippen LogP contribution in [0.5, 0.6) is 11.5 Å². The van der Waals surface area contributed by atoms with Gasteiger partial charge in [-0.2, -0.15) is 0 Å². The van der Waals surface area contributed by atoms with Crippen LogP contribution in [0.25, 0.3) is 0 Å². The number of rotatable bonds is 5. The number of methoxy groups -OCH3 is 1. The van der Waals surface area contributed by atoms with Crippen LogP contribution in [0, 0.1) is 0 Å². The lowest BCUT2D eigenvalue weighted by Gasteiger charge is -2.29. The molecular weight excluding hydrogens is 390 g/mol. The van der Waals surface area contributed by atoms with Crippen molar-refractivity contribution in [3.63, 3.8) is 0 Å². The summed E-state index contributed by atoms with van der Waals surface area (Å²) in [4.78, 5) is 38.4. The first-order valence-corrected chi connectivity index (χ1v) is 9.74. The molecular formula is C21H23N3O6. The van der Waals surface area contributed by atoms with Crippen molar-refractivity contribution in [3.05, 3.63) is 61.4 Å². The molecule has 1 N–H and O–H groups in total. The first-order valence-electron chi connectivity index (χ1n) is 9.74. The highest BCUT2D eigenvalue weighted by Gasteiger charge is 2.42. The first kappa shape index (κ1) is 19.8. The van der Waals surface area contributed by atoms with Crippen LogP contribution in [-0.4, -0.2) is 35.4 Å². The highest BCUT2D eigenvalue weighted by Crippen LogP contribution is 2.44. The summed E-state index contributed by atoms with van der Waals surface area (Å²) < 4.78 is 18.9. The molecule has 0 saturated carbocycles. The molecule has 0 bridgehead atoms. The van der Waals surface area contributed by atoms with Crippen LogP contribution in [0.4, 0.5) is 5.82 Å². The van der Waals surface area contributed by atoms with Crippen molar-refractivity contribution in [2.75, 3.05) is 25.6 Å². The molecule has 9 nitrogen and oxygen atoms in total. The summed E-state index contributed by atoms with van der Waals surface area (Å²) >= 11 is 0. The van der Waals surface area contributed by atoms with E-state index in [2.05, 4.69) is 5.32 Å². The number of carbonyl (C=O) groups excluding carboxylic acids is 1. The number of benzene rings is 1. The number of esters is 1. The van der Waals surface area contributed by atoms with Crippen LogP contribution in [0.2, 0.25) is 0 Å². The first-order chi connectivity index (χ1) is 14.4. The standard InChI is InChI=1S/C21H23N3O6/c1-5-24-18-17(19(25)23(3)21(24)27)15(16-12(22-18)10-30-20(16)26)11-7-8-13(29-6-2)14(9-11)28-4/h7-9,15,22H,5-6,10H2,1-4H3. The predicted molar refractivity (Wildman–Crippen MR) is 109 cm³/mol. The van der Waals surface area contributed by atoms with Gasteiger partial charge >= 0.3 is 11.7 Å². The Morgan fingerprint density at radius 1 is 1.20 bits per heavy atom. The maximum atomic E-state index is 13.2. The Morgan fingerprint density at radius 2 is 1.97 bits per heavy atom. The molecule has 2 aromatic rings. The fourth-order valence-electron chi connectivity index (χ4n) is 4.05. The Hall–Kier alpha value is -3.49. The molecule has 158 valence electrons. The number of carbonyl (C=O) groups is 1. The maximum absolute atomic E-state index is 13.2. The highest BCUT2D eigenvalue weighted by molar-refractivity contribution is 5.96. The topological polar surface area (TPSA) is 101 Å². The lowest BCUT2D eigenvalue weighted by atomic mass is 9.82. The fraction of sp³-hybridized carbons (Fsp3) is 0.381. The molecule has 2 aliphatic heterocycles. The lowest BCUT2D eigenvalue weighted by molar-refractivity contribution is -0.136. The quantitative estimate of drug-likeness (QED) is 0.739. The third kappa shape index (κ3) is 2.80. The van der Waals surface area contributed by atoms with Crippen molar-refractivity contribution in [2.45, 2.75) is 26.3 Å². The third-order valence-electron chi connectivity index (χ3n) is 5.45. The number of ether oxygens (including phenoxy) is 3. The smallest absolute Gasteiger partial charge is 0.337 e. The molecule has 1 aromatic carbocycles. The van der Waals surface area contributed by atoms with Gasteiger partial charge in [0.05, 0.1) is 36.5 Å². The van der Waals surface area contributed by atoms with Gasteiger partial charge in [-0.1, -0.05) is 6.07 Å². The summed E-state index contributed by atoms with van der Waals surface area (Å²) in [5.41, 5.74) is 1.03. The van der Waals surface area contributed by atoms with Crippen LogP contribution in [0.1, 0.15) is 30.9 Å². The molecule has 1 atom stereocenters.